The molecule has 0 unspecified atom stereocenters. The lowest BCUT2D eigenvalue weighted by molar-refractivity contribution is 0.517. The van der Waals surface area contributed by atoms with E-state index >= 15 is 0 Å². The van der Waals surface area contributed by atoms with Gasteiger partial charge in [0.1, 0.15) is 6.33 Å². The second-order valence-corrected chi connectivity index (χ2v) is 3.51. The standard InChI is InChI=1S/C7H14N4S/c1-6(2)11-7(12)10(5-8-11)9(3)4/h5-6H,1-4H3. The topological polar surface area (TPSA) is 26.0 Å². The molecule has 0 aliphatic rings. The highest BCUT2D eigenvalue weighted by atomic mass is 32.1. The maximum absolute atomic E-state index is 5.20. The zero-order chi connectivity index (χ0) is 9.30. The smallest absolute Gasteiger partial charge is 0.217 e. The summed E-state index contributed by atoms with van der Waals surface area (Å²) in [7, 11) is 3.87. The molecular weight excluding hydrogens is 172 g/mol. The molecule has 0 aliphatic carbocycles. The van der Waals surface area contributed by atoms with Gasteiger partial charge < -0.3 is 5.01 Å². The summed E-state index contributed by atoms with van der Waals surface area (Å²) in [6, 6.07) is 0.318. The largest absolute Gasteiger partial charge is 0.315 e. The minimum atomic E-state index is 0.318. The molecule has 0 saturated carbocycles. The molecular formula is C7H14N4S. The van der Waals surface area contributed by atoms with Crippen LogP contribution in [0.25, 0.3) is 0 Å². The molecule has 1 aromatic heterocycles. The fraction of sp³-hybridized carbons (Fsp3) is 0.714. The van der Waals surface area contributed by atoms with E-state index in [0.29, 0.717) is 6.04 Å². The quantitative estimate of drug-likeness (QED) is 0.649. The predicted molar refractivity (Wildman–Crippen MR) is 51.5 cm³/mol. The van der Waals surface area contributed by atoms with Gasteiger partial charge in [0.25, 0.3) is 0 Å². The van der Waals surface area contributed by atoms with Gasteiger partial charge in [-0.25, -0.2) is 9.36 Å². The van der Waals surface area contributed by atoms with E-state index in [1.54, 1.807) is 6.33 Å². The van der Waals surface area contributed by atoms with Crippen LogP contribution in [0.3, 0.4) is 0 Å². The van der Waals surface area contributed by atoms with Crippen molar-refractivity contribution < 1.29 is 0 Å². The van der Waals surface area contributed by atoms with E-state index in [0.717, 1.165) is 4.77 Å². The summed E-state index contributed by atoms with van der Waals surface area (Å²) < 4.78 is 4.38. The molecule has 0 N–H and O–H groups in total. The van der Waals surface area contributed by atoms with E-state index in [1.807, 2.05) is 28.5 Å². The van der Waals surface area contributed by atoms with E-state index in [4.69, 9.17) is 12.2 Å². The molecule has 1 rings (SSSR count). The third kappa shape index (κ3) is 1.50. The lowest BCUT2D eigenvalue weighted by atomic mass is 10.4. The molecule has 0 bridgehead atoms. The Morgan fingerprint density at radius 3 is 2.33 bits per heavy atom. The number of rotatable bonds is 2. The van der Waals surface area contributed by atoms with Gasteiger partial charge in [-0.05, 0) is 26.1 Å². The third-order valence-electron chi connectivity index (χ3n) is 1.60. The summed E-state index contributed by atoms with van der Waals surface area (Å²) in [4.78, 5) is 0. The molecule has 4 nitrogen and oxygen atoms in total. The molecule has 1 aromatic rings. The first-order valence-electron chi connectivity index (χ1n) is 3.88. The van der Waals surface area contributed by atoms with Crippen LogP contribution in [0.5, 0.6) is 0 Å². The van der Waals surface area contributed by atoms with Crippen molar-refractivity contribution in [1.29, 1.82) is 0 Å². The van der Waals surface area contributed by atoms with Crippen molar-refractivity contribution >= 4 is 12.2 Å². The minimum absolute atomic E-state index is 0.318. The molecule has 68 valence electrons. The summed E-state index contributed by atoms with van der Waals surface area (Å²) in [5.74, 6) is 0. The van der Waals surface area contributed by atoms with Crippen LogP contribution in [0.2, 0.25) is 0 Å². The van der Waals surface area contributed by atoms with E-state index in [1.165, 1.54) is 0 Å². The van der Waals surface area contributed by atoms with Gasteiger partial charge in [-0.3, -0.25) is 0 Å². The number of hydrogen-bond donors (Lipinski definition) is 0. The van der Waals surface area contributed by atoms with Crippen LogP contribution in [0.4, 0.5) is 0 Å². The highest BCUT2D eigenvalue weighted by Crippen LogP contribution is 2.03. The van der Waals surface area contributed by atoms with E-state index < -0.39 is 0 Å². The Bertz CT molecular complexity index is 281. The highest BCUT2D eigenvalue weighted by molar-refractivity contribution is 7.71. The molecule has 0 atom stereocenters. The van der Waals surface area contributed by atoms with Gasteiger partial charge in [0.15, 0.2) is 0 Å². The Balaban J connectivity index is 3.14. The lowest BCUT2D eigenvalue weighted by Crippen LogP contribution is -2.24. The maximum atomic E-state index is 5.20. The van der Waals surface area contributed by atoms with Crippen molar-refractivity contribution in [2.45, 2.75) is 19.9 Å². The summed E-state index contributed by atoms with van der Waals surface area (Å²) >= 11 is 5.20. The summed E-state index contributed by atoms with van der Waals surface area (Å²) in [6.07, 6.45) is 1.72. The molecule has 0 amide bonds. The average Bonchev–Trinajstić information content (AvgIpc) is 2.30. The zero-order valence-electron chi connectivity index (χ0n) is 7.85. The van der Waals surface area contributed by atoms with Gasteiger partial charge in [0.2, 0.25) is 4.77 Å². The van der Waals surface area contributed by atoms with E-state index in [2.05, 4.69) is 18.9 Å². The van der Waals surface area contributed by atoms with Crippen LogP contribution in [-0.4, -0.2) is 28.6 Å². The second kappa shape index (κ2) is 3.26. The molecule has 0 saturated heterocycles. The summed E-state index contributed by atoms with van der Waals surface area (Å²) in [5.41, 5.74) is 0. The van der Waals surface area contributed by atoms with Crippen molar-refractivity contribution in [2.75, 3.05) is 19.1 Å². The van der Waals surface area contributed by atoms with Gasteiger partial charge in [-0.15, -0.1) is 0 Å². The van der Waals surface area contributed by atoms with E-state index in [9.17, 15) is 0 Å². The third-order valence-corrected chi connectivity index (χ3v) is 1.97. The summed E-state index contributed by atoms with van der Waals surface area (Å²) in [6.45, 7) is 4.12. The molecule has 1 heterocycles. The van der Waals surface area contributed by atoms with E-state index in [-0.39, 0.29) is 0 Å². The average molecular weight is 186 g/mol. The number of nitrogens with zero attached hydrogens (tertiary/aromatic N) is 4. The molecule has 0 aliphatic heterocycles. The molecule has 0 radical (unpaired) electrons. The first kappa shape index (κ1) is 9.25. The van der Waals surface area contributed by atoms with Crippen molar-refractivity contribution in [3.05, 3.63) is 11.1 Å². The Labute approximate surface area is 77.4 Å². The van der Waals surface area contributed by atoms with Crippen LogP contribution < -0.4 is 5.01 Å². The predicted octanol–water partition coefficient (Wildman–Crippen LogP) is 1.19. The zero-order valence-corrected chi connectivity index (χ0v) is 8.67. The minimum Gasteiger partial charge on any atom is -0.315 e. The Morgan fingerprint density at radius 2 is 2.08 bits per heavy atom. The highest BCUT2D eigenvalue weighted by Gasteiger charge is 2.04. The van der Waals surface area contributed by atoms with Gasteiger partial charge in [-0.2, -0.15) is 5.10 Å². The molecule has 0 aromatic carbocycles. The van der Waals surface area contributed by atoms with Gasteiger partial charge in [0.05, 0.1) is 0 Å². The Kier molecular flexibility index (Phi) is 2.52. The molecule has 5 heteroatoms. The SMILES string of the molecule is CC(C)n1ncn(N(C)C)c1=S. The van der Waals surface area contributed by atoms with Crippen LogP contribution in [0.1, 0.15) is 19.9 Å². The monoisotopic (exact) mass is 186 g/mol. The van der Waals surface area contributed by atoms with Crippen LogP contribution in [0, 0.1) is 4.77 Å². The summed E-state index contributed by atoms with van der Waals surface area (Å²) in [5, 5.41) is 6.07. The first-order valence-corrected chi connectivity index (χ1v) is 4.28. The van der Waals surface area contributed by atoms with Crippen molar-refractivity contribution in [1.82, 2.24) is 14.5 Å². The van der Waals surface area contributed by atoms with Crippen molar-refractivity contribution in [3.8, 4) is 0 Å². The number of hydrogen-bond acceptors (Lipinski definition) is 3. The lowest BCUT2D eigenvalue weighted by Gasteiger charge is -2.12. The second-order valence-electron chi connectivity index (χ2n) is 3.14. The molecule has 0 fully saturated rings. The van der Waals surface area contributed by atoms with Crippen molar-refractivity contribution in [3.63, 3.8) is 0 Å². The fourth-order valence-electron chi connectivity index (χ4n) is 0.937. The van der Waals surface area contributed by atoms with Crippen LogP contribution in [0.15, 0.2) is 6.33 Å². The normalized spacial score (nSPS) is 10.8. The number of aromatic nitrogens is 3. The Morgan fingerprint density at radius 1 is 1.50 bits per heavy atom. The van der Waals surface area contributed by atoms with Crippen LogP contribution in [-0.2, 0) is 0 Å². The maximum Gasteiger partial charge on any atom is 0.217 e. The van der Waals surface area contributed by atoms with Gasteiger partial charge >= 0.3 is 0 Å². The van der Waals surface area contributed by atoms with Gasteiger partial charge in [0, 0.05) is 20.1 Å². The fourth-order valence-corrected chi connectivity index (χ4v) is 1.41. The van der Waals surface area contributed by atoms with Crippen molar-refractivity contribution in [2.24, 2.45) is 0 Å². The van der Waals surface area contributed by atoms with Crippen LogP contribution >= 0.6 is 12.2 Å². The van der Waals surface area contributed by atoms with Gasteiger partial charge in [-0.1, -0.05) is 0 Å². The molecule has 0 spiro atoms. The Hall–Kier alpha value is -0.840. The first-order chi connectivity index (χ1) is 5.54. The molecule has 12 heavy (non-hydrogen) atoms.